The topological polar surface area (TPSA) is 175 Å². The maximum absolute atomic E-state index is 13.4. The fourth-order valence-electron chi connectivity index (χ4n) is 9.62. The Kier molecular flexibility index (Phi) is 47.8. The first kappa shape index (κ1) is 68.9. The Morgan fingerprint density at radius 2 is 0.945 bits per heavy atom. The number of unbranched alkanes of at least 4 members (excludes halogenated alkanes) is 34. The van der Waals surface area contributed by atoms with E-state index in [4.69, 9.17) is 14.2 Å². The summed E-state index contributed by atoms with van der Waals surface area (Å²) in [5, 5.41) is 56.9. The highest BCUT2D eigenvalue weighted by atomic mass is 16.7. The van der Waals surface area contributed by atoms with Crippen LogP contribution in [0.15, 0.2) is 36.5 Å². The van der Waals surface area contributed by atoms with Crippen LogP contribution < -0.4 is 5.32 Å². The number of hydrogen-bond acceptors (Lipinski definition) is 10. The molecule has 0 aromatic rings. The summed E-state index contributed by atoms with van der Waals surface area (Å²) in [6, 6.07) is -1.02. The molecule has 0 bridgehead atoms. The molecule has 8 unspecified atom stereocenters. The van der Waals surface area contributed by atoms with Crippen LogP contribution in [-0.2, 0) is 23.8 Å². The van der Waals surface area contributed by atoms with Gasteiger partial charge in [-0.25, -0.2) is 0 Å². The summed E-state index contributed by atoms with van der Waals surface area (Å²) in [4.78, 5) is 26.5. The van der Waals surface area contributed by atoms with Crippen LogP contribution in [0.1, 0.15) is 284 Å². The van der Waals surface area contributed by atoms with Crippen molar-refractivity contribution in [1.29, 1.82) is 0 Å². The molecule has 73 heavy (non-hydrogen) atoms. The molecule has 1 amide bonds. The normalized spacial score (nSPS) is 19.6. The van der Waals surface area contributed by atoms with E-state index in [0.29, 0.717) is 19.3 Å². The van der Waals surface area contributed by atoms with Gasteiger partial charge < -0.3 is 45.1 Å². The molecule has 1 heterocycles. The van der Waals surface area contributed by atoms with E-state index in [-0.39, 0.29) is 13.0 Å². The van der Waals surface area contributed by atoms with Gasteiger partial charge in [-0.3, -0.25) is 9.59 Å². The van der Waals surface area contributed by atoms with Crippen LogP contribution in [-0.4, -0.2) is 99.6 Å². The van der Waals surface area contributed by atoms with Crippen molar-refractivity contribution < 1.29 is 49.3 Å². The molecule has 8 atom stereocenters. The molecule has 0 aromatic heterocycles. The standard InChI is InChI=1S/C62H115NO10/c1-4-7-10-13-16-19-22-24-25-26-27-28-29-30-31-32-35-38-41-44-47-50-57(67)73-60-59(69)58(68)56(51-64)72-62(60)71-52-53(54(65)48-45-42-39-36-33-21-18-15-12-9-6-3)63-61(70)55(66)49-46-43-40-37-34-23-20-17-14-11-8-5-2/h16,19,24-25,45,48,53-56,58-60,62,64-66,68-69H,4-15,17-18,20-23,26-44,46-47,49-52H2,1-3H3,(H,63,70)/b19-16-,25-24-,48-45+. The lowest BCUT2D eigenvalue weighted by molar-refractivity contribution is -0.305. The lowest BCUT2D eigenvalue weighted by atomic mass is 9.99. The molecule has 1 saturated heterocycles. The van der Waals surface area contributed by atoms with Gasteiger partial charge in [0, 0.05) is 6.42 Å². The number of ether oxygens (including phenoxy) is 3. The van der Waals surface area contributed by atoms with Crippen LogP contribution in [0.5, 0.6) is 0 Å². The average Bonchev–Trinajstić information content (AvgIpc) is 3.39. The van der Waals surface area contributed by atoms with Crippen molar-refractivity contribution >= 4 is 11.9 Å². The van der Waals surface area contributed by atoms with Gasteiger partial charge in [0.1, 0.15) is 24.4 Å². The number of amides is 1. The molecule has 1 rings (SSSR count). The average molecular weight is 1030 g/mol. The Morgan fingerprint density at radius 3 is 1.42 bits per heavy atom. The van der Waals surface area contributed by atoms with Gasteiger partial charge in [-0.05, 0) is 57.8 Å². The maximum atomic E-state index is 13.4. The maximum Gasteiger partial charge on any atom is 0.306 e. The number of nitrogens with one attached hydrogen (secondary N) is 1. The predicted octanol–water partition coefficient (Wildman–Crippen LogP) is 14.3. The zero-order valence-electron chi connectivity index (χ0n) is 47.3. The smallest absolute Gasteiger partial charge is 0.306 e. The summed E-state index contributed by atoms with van der Waals surface area (Å²) in [5.41, 5.74) is 0. The quantitative estimate of drug-likeness (QED) is 0.0195. The third-order valence-electron chi connectivity index (χ3n) is 14.5. The number of aliphatic hydroxyl groups excluding tert-OH is 5. The van der Waals surface area contributed by atoms with Crippen LogP contribution in [0.4, 0.5) is 0 Å². The molecule has 0 aliphatic carbocycles. The van der Waals surface area contributed by atoms with Crippen molar-refractivity contribution in [3.8, 4) is 0 Å². The molecule has 1 aliphatic heterocycles. The molecule has 0 aromatic carbocycles. The Morgan fingerprint density at radius 1 is 0.534 bits per heavy atom. The number of rotatable bonds is 52. The number of aliphatic hydroxyl groups is 5. The summed E-state index contributed by atoms with van der Waals surface area (Å²) < 4.78 is 17.6. The molecule has 0 radical (unpaired) electrons. The molecule has 428 valence electrons. The van der Waals surface area contributed by atoms with Crippen molar-refractivity contribution in [3.05, 3.63) is 36.5 Å². The van der Waals surface area contributed by atoms with Crippen LogP contribution >= 0.6 is 0 Å². The summed E-state index contributed by atoms with van der Waals surface area (Å²) in [6.07, 6.45) is 49.0. The summed E-state index contributed by atoms with van der Waals surface area (Å²) in [7, 11) is 0. The van der Waals surface area contributed by atoms with Crippen LogP contribution in [0.2, 0.25) is 0 Å². The van der Waals surface area contributed by atoms with Gasteiger partial charge in [-0.2, -0.15) is 0 Å². The molecule has 11 heteroatoms. The lowest BCUT2D eigenvalue weighted by Gasteiger charge is -2.41. The molecule has 0 spiro atoms. The number of carbonyl (C=O) groups excluding carboxylic acids is 2. The van der Waals surface area contributed by atoms with E-state index in [1.807, 2.05) is 6.08 Å². The van der Waals surface area contributed by atoms with Gasteiger partial charge in [-0.15, -0.1) is 0 Å². The van der Waals surface area contributed by atoms with E-state index < -0.39 is 67.4 Å². The molecule has 6 N–H and O–H groups in total. The van der Waals surface area contributed by atoms with Gasteiger partial charge in [0.25, 0.3) is 0 Å². The van der Waals surface area contributed by atoms with Crippen molar-refractivity contribution in [2.75, 3.05) is 13.2 Å². The Bertz CT molecular complexity index is 1330. The van der Waals surface area contributed by atoms with E-state index in [1.165, 1.54) is 173 Å². The molecule has 1 aliphatic rings. The first-order valence-corrected chi connectivity index (χ1v) is 30.8. The van der Waals surface area contributed by atoms with Gasteiger partial charge in [0.2, 0.25) is 5.91 Å². The lowest BCUT2D eigenvalue weighted by Crippen LogP contribution is -2.61. The number of carbonyl (C=O) groups is 2. The van der Waals surface area contributed by atoms with E-state index in [9.17, 15) is 35.1 Å². The molecule has 1 fully saturated rings. The van der Waals surface area contributed by atoms with E-state index >= 15 is 0 Å². The van der Waals surface area contributed by atoms with Gasteiger partial charge in [-0.1, -0.05) is 256 Å². The fraction of sp³-hybridized carbons (Fsp3) is 0.871. The predicted molar refractivity (Wildman–Crippen MR) is 301 cm³/mol. The van der Waals surface area contributed by atoms with E-state index in [0.717, 1.165) is 64.2 Å². The highest BCUT2D eigenvalue weighted by molar-refractivity contribution is 5.80. The minimum absolute atomic E-state index is 0.124. The van der Waals surface area contributed by atoms with Gasteiger partial charge in [0.05, 0.1) is 25.4 Å². The molecule has 11 nitrogen and oxygen atoms in total. The number of hydrogen-bond donors (Lipinski definition) is 6. The second-order valence-corrected chi connectivity index (χ2v) is 21.4. The summed E-state index contributed by atoms with van der Waals surface area (Å²) in [5.74, 6) is -1.19. The third-order valence-corrected chi connectivity index (χ3v) is 14.5. The highest BCUT2D eigenvalue weighted by Gasteiger charge is 2.47. The molecule has 0 saturated carbocycles. The largest absolute Gasteiger partial charge is 0.454 e. The minimum Gasteiger partial charge on any atom is -0.454 e. The molecular formula is C62H115NO10. The summed E-state index contributed by atoms with van der Waals surface area (Å²) >= 11 is 0. The SMILES string of the molecule is CCCCC/C=C\C/C=C\CCCCCCCCCCCCCC(=O)OC1C(OCC(NC(=O)C(O)CCCCCCCCCCCCCC)C(O)/C=C/CCCCCCCCCCC)OC(CO)C(O)C1O. The monoisotopic (exact) mass is 1030 g/mol. The van der Waals surface area contributed by atoms with Crippen molar-refractivity contribution in [2.45, 2.75) is 333 Å². The van der Waals surface area contributed by atoms with Crippen LogP contribution in [0.25, 0.3) is 0 Å². The second kappa shape index (κ2) is 50.7. The van der Waals surface area contributed by atoms with Crippen molar-refractivity contribution in [2.24, 2.45) is 0 Å². The number of esters is 1. The van der Waals surface area contributed by atoms with E-state index in [2.05, 4.69) is 50.4 Å². The van der Waals surface area contributed by atoms with Gasteiger partial charge >= 0.3 is 5.97 Å². The zero-order chi connectivity index (χ0) is 53.3. The summed E-state index contributed by atoms with van der Waals surface area (Å²) in [6.45, 7) is 5.76. The van der Waals surface area contributed by atoms with Crippen molar-refractivity contribution in [1.82, 2.24) is 5.32 Å². The Hall–Kier alpha value is -2.12. The fourth-order valence-corrected chi connectivity index (χ4v) is 9.62. The van der Waals surface area contributed by atoms with Crippen molar-refractivity contribution in [3.63, 3.8) is 0 Å². The Balaban J connectivity index is 2.63. The third kappa shape index (κ3) is 39.0. The van der Waals surface area contributed by atoms with Gasteiger partial charge in [0.15, 0.2) is 12.4 Å². The second-order valence-electron chi connectivity index (χ2n) is 21.4. The first-order chi connectivity index (χ1) is 35.7. The number of allylic oxidation sites excluding steroid dienone is 5. The van der Waals surface area contributed by atoms with E-state index in [1.54, 1.807) is 6.08 Å². The van der Waals surface area contributed by atoms with Crippen LogP contribution in [0.3, 0.4) is 0 Å². The van der Waals surface area contributed by atoms with Crippen LogP contribution in [0, 0.1) is 0 Å². The zero-order valence-corrected chi connectivity index (χ0v) is 47.3. The highest BCUT2D eigenvalue weighted by Crippen LogP contribution is 2.26. The minimum atomic E-state index is -1.61. The Labute approximate surface area is 447 Å². The molecular weight excluding hydrogens is 919 g/mol. The first-order valence-electron chi connectivity index (χ1n) is 30.8.